The number of hydrogen-bond donors (Lipinski definition) is 1. The second-order valence-electron chi connectivity index (χ2n) is 5.66. The normalized spacial score (nSPS) is 14.1. The summed E-state index contributed by atoms with van der Waals surface area (Å²) in [4.78, 5) is 26.4. The van der Waals surface area contributed by atoms with E-state index in [1.807, 2.05) is 7.05 Å². The maximum atomic E-state index is 12.0. The first-order valence-corrected chi connectivity index (χ1v) is 7.62. The zero-order chi connectivity index (χ0) is 19.6. The third kappa shape index (κ3) is 6.81. The van der Waals surface area contributed by atoms with E-state index in [0.29, 0.717) is 12.1 Å². The van der Waals surface area contributed by atoms with Gasteiger partial charge in [-0.05, 0) is 13.8 Å². The number of nitrogens with two attached hydrogens (primary N) is 1. The topological polar surface area (TPSA) is 115 Å². The van der Waals surface area contributed by atoms with E-state index in [9.17, 15) is 9.59 Å². The lowest BCUT2D eigenvalue weighted by molar-refractivity contribution is -0.156. The Kier molecular flexibility index (Phi) is 9.95. The molecular weight excluding hydrogens is 330 g/mol. The smallest absolute Gasteiger partial charge is 0.322 e. The van der Waals surface area contributed by atoms with E-state index < -0.39 is 17.7 Å². The fraction of sp³-hybridized carbons (Fsp3) is 0.688. The molecule has 9 nitrogen and oxygen atoms in total. The number of carbonyl (C=O) groups is 2. The Morgan fingerprint density at radius 2 is 1.80 bits per heavy atom. The number of carbonyl (C=O) groups excluding carboxylic acids is 2. The van der Waals surface area contributed by atoms with Crippen LogP contribution in [0.2, 0.25) is 0 Å². The molecule has 1 rings (SSSR count). The minimum Gasteiger partial charge on any atom is -0.468 e. The summed E-state index contributed by atoms with van der Waals surface area (Å²) in [6.07, 6.45) is 3.28. The molecule has 1 aromatic rings. The van der Waals surface area contributed by atoms with Gasteiger partial charge in [-0.25, -0.2) is 4.98 Å². The standard InChI is InChI=1S/C12H20N2O4.C4H9NO2/c1-12(11(15)18-5,6-10(16-3)17-4)9-7-14(2)8-13-9;1-3(5)4(6)7-2/h7-8,10H,6H2,1-5H3;3H,5H2,1-2H3/t;3-/m.1/s1. The summed E-state index contributed by atoms with van der Waals surface area (Å²) in [5, 5.41) is 0. The minimum atomic E-state index is -0.896. The zero-order valence-corrected chi connectivity index (χ0v) is 15.9. The van der Waals surface area contributed by atoms with E-state index in [1.54, 1.807) is 30.9 Å². The largest absolute Gasteiger partial charge is 0.468 e. The van der Waals surface area contributed by atoms with Crippen molar-refractivity contribution in [1.29, 1.82) is 0 Å². The van der Waals surface area contributed by atoms with Gasteiger partial charge < -0.3 is 29.2 Å². The maximum absolute atomic E-state index is 12.0. The van der Waals surface area contributed by atoms with E-state index in [1.165, 1.54) is 28.4 Å². The molecule has 2 N–H and O–H groups in total. The molecule has 0 aliphatic heterocycles. The number of aromatic nitrogens is 2. The summed E-state index contributed by atoms with van der Waals surface area (Å²) in [6, 6.07) is -0.495. The first kappa shape index (κ1) is 23.0. The maximum Gasteiger partial charge on any atom is 0.322 e. The number of rotatable bonds is 7. The van der Waals surface area contributed by atoms with Crippen LogP contribution >= 0.6 is 0 Å². The molecule has 0 spiro atoms. The molecule has 1 heterocycles. The molecule has 0 amide bonds. The fourth-order valence-corrected chi connectivity index (χ4v) is 2.00. The van der Waals surface area contributed by atoms with Crippen molar-refractivity contribution in [3.05, 3.63) is 18.2 Å². The number of hydrogen-bond acceptors (Lipinski definition) is 8. The van der Waals surface area contributed by atoms with E-state index in [2.05, 4.69) is 9.72 Å². The fourth-order valence-electron chi connectivity index (χ4n) is 2.00. The van der Waals surface area contributed by atoms with Crippen molar-refractivity contribution in [2.24, 2.45) is 12.8 Å². The number of methoxy groups -OCH3 is 4. The number of ether oxygens (including phenoxy) is 4. The van der Waals surface area contributed by atoms with Gasteiger partial charge in [0.15, 0.2) is 6.29 Å². The lowest BCUT2D eigenvalue weighted by atomic mass is 9.83. The number of esters is 2. The molecule has 0 aliphatic rings. The Hall–Kier alpha value is -1.97. The van der Waals surface area contributed by atoms with Crippen molar-refractivity contribution < 1.29 is 28.5 Å². The first-order chi connectivity index (χ1) is 11.7. The summed E-state index contributed by atoms with van der Waals surface area (Å²) < 4.78 is 21.2. The van der Waals surface area contributed by atoms with Crippen molar-refractivity contribution >= 4 is 11.9 Å². The first-order valence-electron chi connectivity index (χ1n) is 7.62. The molecule has 0 fully saturated rings. The summed E-state index contributed by atoms with van der Waals surface area (Å²) in [5.41, 5.74) is 4.81. The van der Waals surface area contributed by atoms with Crippen LogP contribution in [0.25, 0.3) is 0 Å². The van der Waals surface area contributed by atoms with Crippen LogP contribution in [-0.2, 0) is 41.0 Å². The Morgan fingerprint density at radius 1 is 1.24 bits per heavy atom. The van der Waals surface area contributed by atoms with Crippen molar-refractivity contribution in [1.82, 2.24) is 9.55 Å². The average Bonchev–Trinajstić information content (AvgIpc) is 3.05. The monoisotopic (exact) mass is 359 g/mol. The van der Waals surface area contributed by atoms with Crippen LogP contribution in [0.4, 0.5) is 0 Å². The second-order valence-corrected chi connectivity index (χ2v) is 5.66. The van der Waals surface area contributed by atoms with E-state index in [4.69, 9.17) is 19.9 Å². The molecule has 0 saturated heterocycles. The molecule has 0 bridgehead atoms. The quantitative estimate of drug-likeness (QED) is 0.548. The van der Waals surface area contributed by atoms with E-state index in [0.717, 1.165) is 0 Å². The van der Waals surface area contributed by atoms with Crippen molar-refractivity contribution in [3.63, 3.8) is 0 Å². The Balaban J connectivity index is 0.000000697. The van der Waals surface area contributed by atoms with Gasteiger partial charge in [0.25, 0.3) is 0 Å². The highest BCUT2D eigenvalue weighted by molar-refractivity contribution is 5.82. The van der Waals surface area contributed by atoms with E-state index >= 15 is 0 Å². The third-order valence-corrected chi connectivity index (χ3v) is 3.58. The third-order valence-electron chi connectivity index (χ3n) is 3.58. The van der Waals surface area contributed by atoms with Crippen LogP contribution in [0, 0.1) is 0 Å². The van der Waals surface area contributed by atoms with Crippen LogP contribution in [-0.4, -0.2) is 62.3 Å². The molecule has 0 saturated carbocycles. The van der Waals surface area contributed by atoms with Gasteiger partial charge in [-0.1, -0.05) is 0 Å². The van der Waals surface area contributed by atoms with E-state index in [-0.39, 0.29) is 11.9 Å². The van der Waals surface area contributed by atoms with Gasteiger partial charge in [0.1, 0.15) is 11.5 Å². The van der Waals surface area contributed by atoms with Gasteiger partial charge >= 0.3 is 11.9 Å². The van der Waals surface area contributed by atoms with Crippen LogP contribution in [0.15, 0.2) is 12.5 Å². The predicted octanol–water partition coefficient (Wildman–Crippen LogP) is 0.366. The second kappa shape index (κ2) is 10.8. The number of nitrogens with zero attached hydrogens (tertiary/aromatic N) is 2. The van der Waals surface area contributed by atoms with Crippen molar-refractivity contribution in [2.75, 3.05) is 28.4 Å². The summed E-state index contributed by atoms with van der Waals surface area (Å²) >= 11 is 0. The Morgan fingerprint density at radius 3 is 2.08 bits per heavy atom. The SMILES string of the molecule is COC(=O)C(C)(CC(OC)OC)c1cn(C)cn1.COC(=O)[C@@H](C)N. The van der Waals surface area contributed by atoms with Gasteiger partial charge in [0.05, 0.1) is 26.2 Å². The number of aryl methyl sites for hydroxylation is 1. The lowest BCUT2D eigenvalue weighted by Crippen LogP contribution is -2.38. The minimum absolute atomic E-state index is 0.337. The molecule has 2 atom stereocenters. The number of imidazole rings is 1. The molecule has 25 heavy (non-hydrogen) atoms. The lowest BCUT2D eigenvalue weighted by Gasteiger charge is -2.28. The van der Waals surface area contributed by atoms with Crippen LogP contribution in [0.1, 0.15) is 26.0 Å². The summed E-state index contributed by atoms with van der Waals surface area (Å²) in [5.74, 6) is -0.736. The highest BCUT2D eigenvalue weighted by atomic mass is 16.7. The van der Waals surface area contributed by atoms with Crippen LogP contribution < -0.4 is 5.73 Å². The molecule has 1 aromatic heterocycles. The van der Waals surface area contributed by atoms with Crippen LogP contribution in [0.5, 0.6) is 0 Å². The molecule has 0 aliphatic carbocycles. The van der Waals surface area contributed by atoms with Gasteiger partial charge in [0, 0.05) is 33.9 Å². The molecule has 9 heteroatoms. The zero-order valence-electron chi connectivity index (χ0n) is 15.9. The van der Waals surface area contributed by atoms with Gasteiger partial charge in [-0.2, -0.15) is 0 Å². The molecule has 144 valence electrons. The van der Waals surface area contributed by atoms with Gasteiger partial charge in [-0.3, -0.25) is 9.59 Å². The molecular formula is C16H29N3O6. The van der Waals surface area contributed by atoms with Crippen LogP contribution in [0.3, 0.4) is 0 Å². The molecule has 1 unspecified atom stereocenters. The predicted molar refractivity (Wildman–Crippen MR) is 90.7 cm³/mol. The highest BCUT2D eigenvalue weighted by Crippen LogP contribution is 2.30. The molecule has 0 radical (unpaired) electrons. The Bertz CT molecular complexity index is 542. The highest BCUT2D eigenvalue weighted by Gasteiger charge is 2.41. The van der Waals surface area contributed by atoms with Gasteiger partial charge in [-0.15, -0.1) is 0 Å². The van der Waals surface area contributed by atoms with Crippen molar-refractivity contribution in [2.45, 2.75) is 38.0 Å². The summed E-state index contributed by atoms with van der Waals surface area (Å²) in [6.45, 7) is 3.35. The van der Waals surface area contributed by atoms with Crippen molar-refractivity contribution in [3.8, 4) is 0 Å². The average molecular weight is 359 g/mol. The van der Waals surface area contributed by atoms with Gasteiger partial charge in [0.2, 0.25) is 0 Å². The summed E-state index contributed by atoms with van der Waals surface area (Å²) in [7, 11) is 7.58. The molecule has 0 aromatic carbocycles. The Labute approximate surface area is 148 Å².